The molecule has 0 radical (unpaired) electrons. The highest BCUT2D eigenvalue weighted by atomic mass is 19.1. The molecule has 0 unspecified atom stereocenters. The van der Waals surface area contributed by atoms with Gasteiger partial charge in [-0.2, -0.15) is 0 Å². The van der Waals surface area contributed by atoms with Crippen LogP contribution in [0.5, 0.6) is 0 Å². The number of carbonyl (C=O) groups excluding carboxylic acids is 1. The van der Waals surface area contributed by atoms with E-state index in [4.69, 9.17) is 0 Å². The van der Waals surface area contributed by atoms with Crippen molar-refractivity contribution in [2.24, 2.45) is 5.92 Å². The lowest BCUT2D eigenvalue weighted by atomic mass is 9.92. The van der Waals surface area contributed by atoms with Crippen molar-refractivity contribution in [1.29, 1.82) is 0 Å². The van der Waals surface area contributed by atoms with Crippen LogP contribution in [-0.4, -0.2) is 19.0 Å². The third kappa shape index (κ3) is 4.11. The lowest BCUT2D eigenvalue weighted by Gasteiger charge is -2.33. The molecule has 4 nitrogen and oxygen atoms in total. The molecule has 1 amide bonds. The highest BCUT2D eigenvalue weighted by Gasteiger charge is 2.24. The second kappa shape index (κ2) is 8.23. The number of piperidine rings is 1. The van der Waals surface area contributed by atoms with E-state index in [2.05, 4.69) is 22.5 Å². The number of hydrogen-bond acceptors (Lipinski definition) is 3. The van der Waals surface area contributed by atoms with Crippen molar-refractivity contribution in [2.45, 2.75) is 32.6 Å². The minimum Gasteiger partial charge on any atom is -0.369 e. The SMILES string of the molecule is CCCC1CCN(c2ccc(N/C=C3/C(=O)Nc4cc(F)ccc43)cc2F)CC1. The van der Waals surface area contributed by atoms with E-state index in [1.54, 1.807) is 12.1 Å². The number of amides is 1. The van der Waals surface area contributed by atoms with Crippen LogP contribution in [0.4, 0.5) is 25.8 Å². The minimum atomic E-state index is -0.408. The number of benzene rings is 2. The Morgan fingerprint density at radius 3 is 2.69 bits per heavy atom. The zero-order valence-electron chi connectivity index (χ0n) is 16.5. The topological polar surface area (TPSA) is 44.4 Å². The van der Waals surface area contributed by atoms with Gasteiger partial charge >= 0.3 is 0 Å². The van der Waals surface area contributed by atoms with Crippen molar-refractivity contribution in [1.82, 2.24) is 0 Å². The summed E-state index contributed by atoms with van der Waals surface area (Å²) in [6.07, 6.45) is 6.19. The molecular formula is C23H25F2N3O. The Morgan fingerprint density at radius 1 is 1.17 bits per heavy atom. The van der Waals surface area contributed by atoms with Crippen LogP contribution in [0.3, 0.4) is 0 Å². The number of nitrogens with one attached hydrogen (secondary N) is 2. The predicted molar refractivity (Wildman–Crippen MR) is 113 cm³/mol. The fourth-order valence-electron chi connectivity index (χ4n) is 4.19. The molecule has 2 aliphatic heterocycles. The van der Waals surface area contributed by atoms with Gasteiger partial charge in [0, 0.05) is 30.5 Å². The largest absolute Gasteiger partial charge is 0.369 e. The standard InChI is InChI=1S/C23H25F2N3O/c1-2-3-15-8-10-28(11-9-15)22-7-5-17(13-20(22)25)26-14-19-18-6-4-16(24)12-21(18)27-23(19)29/h4-7,12-15,26H,2-3,8-11H2,1H3,(H,27,29)/b19-14+. The summed E-state index contributed by atoms with van der Waals surface area (Å²) in [7, 11) is 0. The fraction of sp³-hybridized carbons (Fsp3) is 0.348. The highest BCUT2D eigenvalue weighted by molar-refractivity contribution is 6.31. The predicted octanol–water partition coefficient (Wildman–Crippen LogP) is 5.39. The first kappa shape index (κ1) is 19.4. The first-order valence-corrected chi connectivity index (χ1v) is 10.2. The van der Waals surface area contributed by atoms with E-state index in [-0.39, 0.29) is 11.7 Å². The van der Waals surface area contributed by atoms with Crippen molar-refractivity contribution >= 4 is 28.5 Å². The molecule has 2 aliphatic rings. The summed E-state index contributed by atoms with van der Waals surface area (Å²) in [6.45, 7) is 3.97. The van der Waals surface area contributed by atoms with Gasteiger partial charge in [-0.15, -0.1) is 0 Å². The van der Waals surface area contributed by atoms with E-state index in [0.29, 0.717) is 28.2 Å². The molecule has 0 bridgehead atoms. The second-order valence-corrected chi connectivity index (χ2v) is 7.73. The highest BCUT2D eigenvalue weighted by Crippen LogP contribution is 2.33. The molecule has 0 aliphatic carbocycles. The van der Waals surface area contributed by atoms with Gasteiger partial charge in [-0.05, 0) is 55.2 Å². The quantitative estimate of drug-likeness (QED) is 0.665. The molecule has 2 aromatic rings. The lowest BCUT2D eigenvalue weighted by molar-refractivity contribution is -0.110. The lowest BCUT2D eigenvalue weighted by Crippen LogP contribution is -2.34. The smallest absolute Gasteiger partial charge is 0.257 e. The summed E-state index contributed by atoms with van der Waals surface area (Å²) in [5.74, 6) is -0.249. The molecule has 4 rings (SSSR count). The van der Waals surface area contributed by atoms with E-state index in [9.17, 15) is 13.6 Å². The molecule has 0 aromatic heterocycles. The number of rotatable bonds is 5. The van der Waals surface area contributed by atoms with Crippen LogP contribution in [-0.2, 0) is 4.79 Å². The molecule has 2 heterocycles. The van der Waals surface area contributed by atoms with E-state index < -0.39 is 5.82 Å². The molecule has 2 N–H and O–H groups in total. The molecule has 29 heavy (non-hydrogen) atoms. The van der Waals surface area contributed by atoms with Gasteiger partial charge in [0.25, 0.3) is 5.91 Å². The molecule has 1 saturated heterocycles. The van der Waals surface area contributed by atoms with E-state index >= 15 is 0 Å². The minimum absolute atomic E-state index is 0.277. The maximum atomic E-state index is 14.7. The Morgan fingerprint density at radius 2 is 1.97 bits per heavy atom. The van der Waals surface area contributed by atoms with Crippen molar-refractivity contribution < 1.29 is 13.6 Å². The number of nitrogens with zero attached hydrogens (tertiary/aromatic N) is 1. The fourth-order valence-corrected chi connectivity index (χ4v) is 4.19. The Hall–Kier alpha value is -2.89. The van der Waals surface area contributed by atoms with Gasteiger partial charge in [0.1, 0.15) is 11.6 Å². The van der Waals surface area contributed by atoms with Crippen LogP contribution in [0.1, 0.15) is 38.2 Å². The van der Waals surface area contributed by atoms with Crippen LogP contribution in [0, 0.1) is 17.6 Å². The van der Waals surface area contributed by atoms with Crippen LogP contribution >= 0.6 is 0 Å². The average molecular weight is 397 g/mol. The molecule has 0 atom stereocenters. The summed E-state index contributed by atoms with van der Waals surface area (Å²) in [6, 6.07) is 9.20. The first-order valence-electron chi connectivity index (χ1n) is 10.2. The molecule has 6 heteroatoms. The van der Waals surface area contributed by atoms with Crippen LogP contribution < -0.4 is 15.5 Å². The normalized spacial score (nSPS) is 18.1. The number of carbonyl (C=O) groups is 1. The second-order valence-electron chi connectivity index (χ2n) is 7.73. The zero-order chi connectivity index (χ0) is 20.4. The Kier molecular flexibility index (Phi) is 5.51. The molecule has 1 fully saturated rings. The summed E-state index contributed by atoms with van der Waals surface area (Å²) >= 11 is 0. The van der Waals surface area contributed by atoms with Crippen LogP contribution in [0.25, 0.3) is 5.57 Å². The number of fused-ring (bicyclic) bond motifs is 1. The third-order valence-corrected chi connectivity index (χ3v) is 5.75. The van der Waals surface area contributed by atoms with E-state index in [0.717, 1.165) is 31.8 Å². The van der Waals surface area contributed by atoms with Crippen molar-refractivity contribution in [2.75, 3.05) is 28.6 Å². The maximum Gasteiger partial charge on any atom is 0.257 e. The molecular weight excluding hydrogens is 372 g/mol. The van der Waals surface area contributed by atoms with Gasteiger partial charge in [-0.3, -0.25) is 4.79 Å². The van der Waals surface area contributed by atoms with Gasteiger partial charge in [0.05, 0.1) is 16.9 Å². The monoisotopic (exact) mass is 397 g/mol. The maximum absolute atomic E-state index is 14.7. The van der Waals surface area contributed by atoms with Gasteiger partial charge < -0.3 is 15.5 Å². The number of halogens is 2. The van der Waals surface area contributed by atoms with Gasteiger partial charge in [-0.1, -0.05) is 19.8 Å². The van der Waals surface area contributed by atoms with Gasteiger partial charge in [0.2, 0.25) is 0 Å². The van der Waals surface area contributed by atoms with E-state index in [1.165, 1.54) is 37.2 Å². The summed E-state index contributed by atoms with van der Waals surface area (Å²) < 4.78 is 28.0. The zero-order valence-corrected chi connectivity index (χ0v) is 16.5. The molecule has 2 aromatic carbocycles. The van der Waals surface area contributed by atoms with Gasteiger partial charge in [0.15, 0.2) is 0 Å². The van der Waals surface area contributed by atoms with Gasteiger partial charge in [-0.25, -0.2) is 8.78 Å². The van der Waals surface area contributed by atoms with Crippen molar-refractivity contribution in [3.8, 4) is 0 Å². The molecule has 0 saturated carbocycles. The Balaban J connectivity index is 1.46. The molecule has 0 spiro atoms. The average Bonchev–Trinajstić information content (AvgIpc) is 3.01. The Bertz CT molecular complexity index is 949. The van der Waals surface area contributed by atoms with Crippen molar-refractivity contribution in [3.05, 3.63) is 59.8 Å². The summed E-state index contributed by atoms with van der Waals surface area (Å²) in [4.78, 5) is 14.3. The molecule has 152 valence electrons. The Labute approximate surface area is 169 Å². The number of anilines is 3. The first-order chi connectivity index (χ1) is 14.0. The number of hydrogen-bond donors (Lipinski definition) is 2. The third-order valence-electron chi connectivity index (χ3n) is 5.75. The van der Waals surface area contributed by atoms with Crippen molar-refractivity contribution in [3.63, 3.8) is 0 Å². The summed E-state index contributed by atoms with van der Waals surface area (Å²) in [5.41, 5.74) is 2.63. The summed E-state index contributed by atoms with van der Waals surface area (Å²) in [5, 5.41) is 5.62. The van der Waals surface area contributed by atoms with Crippen LogP contribution in [0.15, 0.2) is 42.6 Å². The van der Waals surface area contributed by atoms with Crippen LogP contribution in [0.2, 0.25) is 0 Å². The van der Waals surface area contributed by atoms with E-state index in [1.807, 2.05) is 6.07 Å².